The normalized spacial score (nSPS) is 20.4. The lowest BCUT2D eigenvalue weighted by atomic mass is 9.85. The minimum absolute atomic E-state index is 0.00396. The number of carbonyl (C=O) groups excluding carboxylic acids is 2. The maximum atomic E-state index is 13.8. The van der Waals surface area contributed by atoms with Crippen LogP contribution in [0.2, 0.25) is 0 Å². The van der Waals surface area contributed by atoms with Gasteiger partial charge < -0.3 is 10.6 Å². The second kappa shape index (κ2) is 13.3. The zero-order valence-electron chi connectivity index (χ0n) is 26.6. The second-order valence-corrected chi connectivity index (χ2v) is 12.3. The molecule has 0 saturated carbocycles. The van der Waals surface area contributed by atoms with Crippen LogP contribution in [-0.4, -0.2) is 95.8 Å². The van der Waals surface area contributed by atoms with E-state index in [1.807, 2.05) is 42.2 Å². The molecule has 2 fully saturated rings. The van der Waals surface area contributed by atoms with Crippen LogP contribution >= 0.6 is 0 Å². The molecule has 1 atom stereocenters. The van der Waals surface area contributed by atoms with Gasteiger partial charge in [0, 0.05) is 38.8 Å². The van der Waals surface area contributed by atoms with Gasteiger partial charge in [-0.15, -0.1) is 0 Å². The summed E-state index contributed by atoms with van der Waals surface area (Å²) in [5.74, 6) is 0.489. The standard InChI is InChI=1S/C35H38FN9O2/c1-23-3-10-29(42-32(23)31(37)28-9-8-27(36)19-40-28)45-18-14-35(34(45)47)13-17-43(21-35)20-30(46)44-15-11-25(12-16-44)24-4-6-26(7-5-24)33(38)41-22-39-2/h3-11,19,22,37H,12-18,20-21H2,1-2H3,(H2,38,39,41)/t35-/m0/s1. The molecule has 3 aromatic rings. The summed E-state index contributed by atoms with van der Waals surface area (Å²) in [6, 6.07) is 14.3. The highest BCUT2D eigenvalue weighted by Gasteiger charge is 2.51. The molecule has 47 heavy (non-hydrogen) atoms. The quantitative estimate of drug-likeness (QED) is 0.287. The average molecular weight is 636 g/mol. The van der Waals surface area contributed by atoms with Crippen molar-refractivity contribution in [3.8, 4) is 0 Å². The van der Waals surface area contributed by atoms with Gasteiger partial charge >= 0.3 is 0 Å². The van der Waals surface area contributed by atoms with Gasteiger partial charge in [-0.05, 0) is 67.6 Å². The molecule has 3 aliphatic rings. The number of aliphatic imine (C=N–C) groups is 2. The first-order valence-corrected chi connectivity index (χ1v) is 15.7. The lowest BCUT2D eigenvalue weighted by Crippen LogP contribution is -2.43. The first-order valence-electron chi connectivity index (χ1n) is 15.7. The highest BCUT2D eigenvalue weighted by molar-refractivity contribution is 6.09. The Balaban J connectivity index is 1.05. The Labute approximate surface area is 273 Å². The van der Waals surface area contributed by atoms with Crippen LogP contribution in [0.15, 0.2) is 70.8 Å². The Morgan fingerprint density at radius 1 is 1.11 bits per heavy atom. The molecule has 0 radical (unpaired) electrons. The fraction of sp³-hybridized carbons (Fsp3) is 0.343. The second-order valence-electron chi connectivity index (χ2n) is 12.3. The molecule has 11 nitrogen and oxygen atoms in total. The molecule has 2 aromatic heterocycles. The summed E-state index contributed by atoms with van der Waals surface area (Å²) >= 11 is 0. The van der Waals surface area contributed by atoms with E-state index in [2.05, 4.69) is 30.9 Å². The van der Waals surface area contributed by atoms with Crippen molar-refractivity contribution in [2.24, 2.45) is 21.1 Å². The molecule has 3 aliphatic heterocycles. The van der Waals surface area contributed by atoms with Crippen molar-refractivity contribution in [2.45, 2.75) is 26.2 Å². The predicted molar refractivity (Wildman–Crippen MR) is 180 cm³/mol. The molecule has 12 heteroatoms. The minimum atomic E-state index is -0.558. The molecule has 0 aliphatic carbocycles. The third kappa shape index (κ3) is 6.59. The van der Waals surface area contributed by atoms with Crippen LogP contribution in [0.25, 0.3) is 5.57 Å². The minimum Gasteiger partial charge on any atom is -0.383 e. The number of carbonyl (C=O) groups is 2. The molecule has 6 rings (SSSR count). The zero-order chi connectivity index (χ0) is 33.1. The van der Waals surface area contributed by atoms with Crippen LogP contribution in [0.1, 0.15) is 47.3 Å². The number of halogens is 1. The average Bonchev–Trinajstić information content (AvgIpc) is 3.65. The number of hydrogen-bond acceptors (Lipinski definition) is 7. The number of anilines is 1. The molecular weight excluding hydrogens is 597 g/mol. The Kier molecular flexibility index (Phi) is 9.04. The maximum Gasteiger partial charge on any atom is 0.237 e. The predicted octanol–water partition coefficient (Wildman–Crippen LogP) is 3.45. The first kappa shape index (κ1) is 31.9. The summed E-state index contributed by atoms with van der Waals surface area (Å²) in [7, 11) is 1.64. The third-order valence-corrected chi connectivity index (χ3v) is 9.31. The molecule has 2 amide bonds. The Hall–Kier alpha value is -5.10. The fourth-order valence-corrected chi connectivity index (χ4v) is 6.58. The molecule has 2 saturated heterocycles. The number of amides is 2. The van der Waals surface area contributed by atoms with Gasteiger partial charge in [-0.3, -0.25) is 34.8 Å². The topological polar surface area (TPSA) is 144 Å². The largest absolute Gasteiger partial charge is 0.383 e. The van der Waals surface area contributed by atoms with Gasteiger partial charge in [-0.25, -0.2) is 14.4 Å². The van der Waals surface area contributed by atoms with Gasteiger partial charge in [0.1, 0.15) is 29.5 Å². The molecule has 0 unspecified atom stereocenters. The number of likely N-dealkylation sites (tertiary alicyclic amines) is 1. The summed E-state index contributed by atoms with van der Waals surface area (Å²) in [6.07, 6.45) is 6.72. The van der Waals surface area contributed by atoms with Crippen molar-refractivity contribution < 1.29 is 14.0 Å². The van der Waals surface area contributed by atoms with Crippen molar-refractivity contribution >= 4 is 41.1 Å². The smallest absolute Gasteiger partial charge is 0.237 e. The summed E-state index contributed by atoms with van der Waals surface area (Å²) in [6.45, 7) is 5.03. The van der Waals surface area contributed by atoms with Gasteiger partial charge in [0.2, 0.25) is 11.8 Å². The first-order chi connectivity index (χ1) is 22.7. The van der Waals surface area contributed by atoms with Gasteiger partial charge in [0.25, 0.3) is 0 Å². The number of aromatic nitrogens is 2. The molecule has 242 valence electrons. The van der Waals surface area contributed by atoms with E-state index in [-0.39, 0.29) is 24.1 Å². The van der Waals surface area contributed by atoms with Crippen LogP contribution in [0, 0.1) is 23.6 Å². The number of pyridine rings is 2. The number of amidine groups is 1. The summed E-state index contributed by atoms with van der Waals surface area (Å²) in [5, 5.41) is 8.62. The lowest BCUT2D eigenvalue weighted by Gasteiger charge is -2.29. The van der Waals surface area contributed by atoms with E-state index in [4.69, 9.17) is 11.1 Å². The van der Waals surface area contributed by atoms with Crippen LogP contribution in [0.3, 0.4) is 0 Å². The van der Waals surface area contributed by atoms with E-state index in [1.54, 1.807) is 18.0 Å². The van der Waals surface area contributed by atoms with Crippen molar-refractivity contribution in [3.05, 3.63) is 94.7 Å². The van der Waals surface area contributed by atoms with Crippen LogP contribution in [-0.2, 0) is 9.59 Å². The summed E-state index contributed by atoms with van der Waals surface area (Å²) < 4.78 is 13.4. The third-order valence-electron chi connectivity index (χ3n) is 9.31. The van der Waals surface area contributed by atoms with Gasteiger partial charge in [0.15, 0.2) is 0 Å². The molecule has 5 heterocycles. The maximum absolute atomic E-state index is 13.8. The summed E-state index contributed by atoms with van der Waals surface area (Å²) in [5.41, 5.74) is 10.1. The highest BCUT2D eigenvalue weighted by atomic mass is 19.1. The molecule has 0 bridgehead atoms. The number of nitrogens with one attached hydrogen (secondary N) is 1. The van der Waals surface area contributed by atoms with E-state index in [9.17, 15) is 14.0 Å². The highest BCUT2D eigenvalue weighted by Crippen LogP contribution is 2.42. The Morgan fingerprint density at radius 3 is 2.60 bits per heavy atom. The Morgan fingerprint density at radius 2 is 1.89 bits per heavy atom. The van der Waals surface area contributed by atoms with E-state index in [0.29, 0.717) is 68.6 Å². The number of nitrogens with zero attached hydrogens (tertiary/aromatic N) is 7. The van der Waals surface area contributed by atoms with Crippen molar-refractivity contribution in [3.63, 3.8) is 0 Å². The molecule has 3 N–H and O–H groups in total. The van der Waals surface area contributed by atoms with Crippen molar-refractivity contribution in [1.82, 2.24) is 19.8 Å². The summed E-state index contributed by atoms with van der Waals surface area (Å²) in [4.78, 5) is 49.5. The fourth-order valence-electron chi connectivity index (χ4n) is 6.58. The van der Waals surface area contributed by atoms with E-state index in [0.717, 1.165) is 29.3 Å². The number of nitrogens with two attached hydrogens (primary N) is 1. The van der Waals surface area contributed by atoms with Gasteiger partial charge in [-0.2, -0.15) is 0 Å². The van der Waals surface area contributed by atoms with Gasteiger partial charge in [0.05, 0.1) is 29.5 Å². The molecule has 1 aromatic carbocycles. The van der Waals surface area contributed by atoms with E-state index >= 15 is 0 Å². The number of hydrogen-bond donors (Lipinski definition) is 2. The van der Waals surface area contributed by atoms with Crippen LogP contribution < -0.4 is 10.6 Å². The number of rotatable bonds is 8. The monoisotopic (exact) mass is 635 g/mol. The number of aryl methyl sites for hydroxylation is 1. The van der Waals surface area contributed by atoms with E-state index < -0.39 is 11.2 Å². The van der Waals surface area contributed by atoms with Crippen LogP contribution in [0.4, 0.5) is 10.2 Å². The number of benzene rings is 1. The van der Waals surface area contributed by atoms with Gasteiger partial charge in [-0.1, -0.05) is 36.4 Å². The SMILES string of the molecule is CN=CN=C(N)c1ccc(C2=CCN(C(=O)CN3CC[C@]4(CCN(c5ccc(C)c(C(=N)c6ccc(F)cn6)n5)C4=O)C3)CC2)cc1. The van der Waals surface area contributed by atoms with Crippen LogP contribution in [0.5, 0.6) is 0 Å². The zero-order valence-corrected chi connectivity index (χ0v) is 26.6. The lowest BCUT2D eigenvalue weighted by molar-refractivity contribution is -0.132. The molecule has 1 spiro atoms. The molecular formula is C35H38FN9O2. The van der Waals surface area contributed by atoms with E-state index in [1.165, 1.54) is 24.0 Å². The van der Waals surface area contributed by atoms with Crippen molar-refractivity contribution in [2.75, 3.05) is 51.2 Å². The van der Waals surface area contributed by atoms with Crippen molar-refractivity contribution in [1.29, 1.82) is 5.41 Å². The Bertz CT molecular complexity index is 1790.